The van der Waals surface area contributed by atoms with Gasteiger partial charge in [-0.2, -0.15) is 8.78 Å². The van der Waals surface area contributed by atoms with Gasteiger partial charge < -0.3 is 14.6 Å². The van der Waals surface area contributed by atoms with Crippen LogP contribution in [-0.4, -0.2) is 17.1 Å². The van der Waals surface area contributed by atoms with Gasteiger partial charge in [0.1, 0.15) is 11.3 Å². The number of halogens is 2. The van der Waals surface area contributed by atoms with Crippen LogP contribution in [-0.2, 0) is 6.54 Å². The van der Waals surface area contributed by atoms with Crippen molar-refractivity contribution >= 4 is 11.6 Å². The largest absolute Gasteiger partial charge is 0.435 e. The van der Waals surface area contributed by atoms with Gasteiger partial charge in [0.2, 0.25) is 0 Å². The quantitative estimate of drug-likeness (QED) is 0.778. The Labute approximate surface area is 157 Å². The van der Waals surface area contributed by atoms with Crippen LogP contribution in [0.15, 0.2) is 35.3 Å². The fourth-order valence-electron chi connectivity index (χ4n) is 2.65. The number of hydrogen-bond acceptors (Lipinski definition) is 3. The molecule has 0 aliphatic carbocycles. The second-order valence-electron chi connectivity index (χ2n) is 6.86. The number of nitrogens with one attached hydrogen (secondary N) is 1. The predicted molar refractivity (Wildman–Crippen MR) is 101 cm³/mol. The molecule has 0 aliphatic rings. The van der Waals surface area contributed by atoms with Crippen LogP contribution in [0, 0.1) is 19.8 Å². The third kappa shape index (κ3) is 5.39. The maximum Gasteiger partial charge on any atom is 0.387 e. The van der Waals surface area contributed by atoms with Gasteiger partial charge in [-0.15, -0.1) is 0 Å². The van der Waals surface area contributed by atoms with E-state index < -0.39 is 12.5 Å². The van der Waals surface area contributed by atoms with E-state index in [0.717, 1.165) is 6.42 Å². The zero-order chi connectivity index (χ0) is 20.1. The number of aromatic nitrogens is 1. The maximum atomic E-state index is 12.7. The predicted octanol–water partition coefficient (Wildman–Crippen LogP) is 4.36. The van der Waals surface area contributed by atoms with Crippen LogP contribution < -0.4 is 15.6 Å². The van der Waals surface area contributed by atoms with E-state index in [1.165, 1.54) is 22.8 Å². The molecule has 2 aromatic rings. The Morgan fingerprint density at radius 3 is 2.48 bits per heavy atom. The molecule has 0 fully saturated rings. The highest BCUT2D eigenvalue weighted by atomic mass is 19.3. The van der Waals surface area contributed by atoms with E-state index in [1.54, 1.807) is 26.1 Å². The van der Waals surface area contributed by atoms with E-state index in [0.29, 0.717) is 29.3 Å². The lowest BCUT2D eigenvalue weighted by Gasteiger charge is -2.14. The highest BCUT2D eigenvalue weighted by Crippen LogP contribution is 2.23. The number of benzene rings is 1. The molecule has 0 saturated carbocycles. The number of anilines is 1. The van der Waals surface area contributed by atoms with Crippen LogP contribution in [0.3, 0.4) is 0 Å². The summed E-state index contributed by atoms with van der Waals surface area (Å²) < 4.78 is 30.5. The molecular formula is C20H24F2N2O3. The molecule has 1 aromatic heterocycles. The van der Waals surface area contributed by atoms with E-state index in [2.05, 4.69) is 23.9 Å². The minimum Gasteiger partial charge on any atom is -0.435 e. The first-order valence-corrected chi connectivity index (χ1v) is 8.76. The minimum atomic E-state index is -2.92. The van der Waals surface area contributed by atoms with Gasteiger partial charge in [-0.3, -0.25) is 9.59 Å². The third-order valence-electron chi connectivity index (χ3n) is 4.22. The summed E-state index contributed by atoms with van der Waals surface area (Å²) in [4.78, 5) is 25.4. The van der Waals surface area contributed by atoms with Crippen molar-refractivity contribution in [3.63, 3.8) is 0 Å². The lowest BCUT2D eigenvalue weighted by molar-refractivity contribution is -0.0498. The summed E-state index contributed by atoms with van der Waals surface area (Å²) in [6.07, 6.45) is 2.52. The number of pyridine rings is 1. The molecule has 0 unspecified atom stereocenters. The van der Waals surface area contributed by atoms with Gasteiger partial charge in [0, 0.05) is 18.4 Å². The van der Waals surface area contributed by atoms with Crippen LogP contribution in [0.1, 0.15) is 41.8 Å². The van der Waals surface area contributed by atoms with Crippen molar-refractivity contribution in [2.45, 2.75) is 47.3 Å². The zero-order valence-corrected chi connectivity index (χ0v) is 15.9. The lowest BCUT2D eigenvalue weighted by Crippen LogP contribution is -2.30. The number of amides is 1. The molecule has 2 rings (SSSR count). The second kappa shape index (κ2) is 8.79. The number of aryl methyl sites for hydroxylation is 3. The topological polar surface area (TPSA) is 60.3 Å². The number of carbonyl (C=O) groups excluding carboxylic acids is 1. The van der Waals surface area contributed by atoms with Crippen molar-refractivity contribution in [1.29, 1.82) is 0 Å². The Bertz CT molecular complexity index is 876. The van der Waals surface area contributed by atoms with E-state index in [1.807, 2.05) is 0 Å². The van der Waals surface area contributed by atoms with Gasteiger partial charge in [-0.1, -0.05) is 13.8 Å². The van der Waals surface area contributed by atoms with Gasteiger partial charge in [-0.25, -0.2) is 0 Å². The third-order valence-corrected chi connectivity index (χ3v) is 4.22. The normalized spacial score (nSPS) is 11.1. The summed E-state index contributed by atoms with van der Waals surface area (Å²) in [5.41, 5.74) is 1.29. The molecule has 1 aromatic carbocycles. The first-order chi connectivity index (χ1) is 12.7. The summed E-state index contributed by atoms with van der Waals surface area (Å²) in [6, 6.07) is 5.96. The Morgan fingerprint density at radius 2 is 1.89 bits per heavy atom. The number of alkyl halides is 2. The summed E-state index contributed by atoms with van der Waals surface area (Å²) in [7, 11) is 0. The Morgan fingerprint density at radius 1 is 1.19 bits per heavy atom. The molecule has 27 heavy (non-hydrogen) atoms. The molecule has 7 heteroatoms. The number of nitrogens with zero attached hydrogens (tertiary/aromatic N) is 1. The van der Waals surface area contributed by atoms with Crippen LogP contribution in [0.2, 0.25) is 0 Å². The second-order valence-corrected chi connectivity index (χ2v) is 6.86. The van der Waals surface area contributed by atoms with Gasteiger partial charge in [0.25, 0.3) is 11.5 Å². The van der Waals surface area contributed by atoms with Crippen LogP contribution in [0.4, 0.5) is 14.5 Å². The van der Waals surface area contributed by atoms with Gasteiger partial charge in [0.05, 0.1) is 0 Å². The molecule has 0 radical (unpaired) electrons. The summed E-state index contributed by atoms with van der Waals surface area (Å²) in [6.45, 7) is 5.12. The van der Waals surface area contributed by atoms with Crippen molar-refractivity contribution in [2.75, 3.05) is 5.32 Å². The number of carbonyl (C=O) groups is 1. The average Bonchev–Trinajstić information content (AvgIpc) is 2.56. The molecule has 0 spiro atoms. The lowest BCUT2D eigenvalue weighted by atomic mass is 10.1. The van der Waals surface area contributed by atoms with Gasteiger partial charge in [-0.05, 0) is 61.6 Å². The number of ether oxygens (including phenoxy) is 1. The number of hydrogen-bond donors (Lipinski definition) is 1. The molecule has 0 bridgehead atoms. The van der Waals surface area contributed by atoms with Gasteiger partial charge in [0.15, 0.2) is 0 Å². The van der Waals surface area contributed by atoms with E-state index in [-0.39, 0.29) is 16.9 Å². The molecule has 5 nitrogen and oxygen atoms in total. The highest BCUT2D eigenvalue weighted by molar-refractivity contribution is 6.05. The van der Waals surface area contributed by atoms with Crippen molar-refractivity contribution in [1.82, 2.24) is 4.57 Å². The molecule has 0 atom stereocenters. The minimum absolute atomic E-state index is 0.00688. The van der Waals surface area contributed by atoms with Crippen molar-refractivity contribution in [3.8, 4) is 5.75 Å². The van der Waals surface area contributed by atoms with Crippen molar-refractivity contribution in [3.05, 3.63) is 57.5 Å². The summed E-state index contributed by atoms with van der Waals surface area (Å²) in [5.74, 6) is -0.0819. The first kappa shape index (κ1) is 20.6. The molecule has 1 heterocycles. The van der Waals surface area contributed by atoms with Crippen molar-refractivity contribution < 1.29 is 18.3 Å². The molecule has 146 valence electrons. The first-order valence-electron chi connectivity index (χ1n) is 8.76. The fourth-order valence-corrected chi connectivity index (χ4v) is 2.65. The maximum absolute atomic E-state index is 12.7. The van der Waals surface area contributed by atoms with E-state index >= 15 is 0 Å². The highest BCUT2D eigenvalue weighted by Gasteiger charge is 2.17. The monoisotopic (exact) mass is 378 g/mol. The standard InChI is InChI=1S/C20H24F2N2O3/c1-12(2)7-9-24-10-8-13(3)17(19(24)26)18(25)23-16-6-5-15(11-14(16)4)27-20(21)22/h5-6,8,10-12,20H,7,9H2,1-4H3,(H,23,25). The Hall–Kier alpha value is -2.70. The molecular weight excluding hydrogens is 354 g/mol. The zero-order valence-electron chi connectivity index (χ0n) is 15.9. The molecule has 1 amide bonds. The Balaban J connectivity index is 2.25. The molecule has 1 N–H and O–H groups in total. The van der Waals surface area contributed by atoms with Crippen LogP contribution in [0.5, 0.6) is 5.75 Å². The fraction of sp³-hybridized carbons (Fsp3) is 0.400. The Kier molecular flexibility index (Phi) is 6.71. The van der Waals surface area contributed by atoms with E-state index in [9.17, 15) is 18.4 Å². The number of rotatable bonds is 7. The van der Waals surface area contributed by atoms with Crippen LogP contribution in [0.25, 0.3) is 0 Å². The molecule has 0 saturated heterocycles. The smallest absolute Gasteiger partial charge is 0.387 e. The SMILES string of the molecule is Cc1cc(OC(F)F)ccc1NC(=O)c1c(C)ccn(CCC(C)C)c1=O. The average molecular weight is 378 g/mol. The van der Waals surface area contributed by atoms with Crippen molar-refractivity contribution in [2.24, 2.45) is 5.92 Å². The molecule has 0 aliphatic heterocycles. The summed E-state index contributed by atoms with van der Waals surface area (Å²) >= 11 is 0. The van der Waals surface area contributed by atoms with Gasteiger partial charge >= 0.3 is 6.61 Å². The summed E-state index contributed by atoms with van der Waals surface area (Å²) in [5, 5.41) is 2.69. The van der Waals surface area contributed by atoms with E-state index in [4.69, 9.17) is 0 Å². The van der Waals surface area contributed by atoms with Crippen LogP contribution >= 0.6 is 0 Å².